The first-order chi connectivity index (χ1) is 11.6. The first-order valence-electron chi connectivity index (χ1n) is 8.78. The number of hydrogen-bond donors (Lipinski definition) is 1. The van der Waals surface area contributed by atoms with Gasteiger partial charge in [0.2, 0.25) is 0 Å². The monoisotopic (exact) mass is 354 g/mol. The lowest BCUT2D eigenvalue weighted by Crippen LogP contribution is -2.25. The van der Waals surface area contributed by atoms with E-state index in [9.17, 15) is 14.9 Å². The van der Waals surface area contributed by atoms with Crippen LogP contribution in [0.3, 0.4) is 0 Å². The average Bonchev–Trinajstić information content (AvgIpc) is 2.56. The van der Waals surface area contributed by atoms with Crippen LogP contribution in [0.5, 0.6) is 0 Å². The summed E-state index contributed by atoms with van der Waals surface area (Å²) in [6.07, 6.45) is 10.8. The molecule has 1 aromatic rings. The molecule has 0 heterocycles. The van der Waals surface area contributed by atoms with Crippen LogP contribution in [0.15, 0.2) is 18.2 Å². The lowest BCUT2D eigenvalue weighted by atomic mass is 10.1. The number of unbranched alkanes of at least 4 members (excludes halogenated alkanes) is 8. The highest BCUT2D eigenvalue weighted by atomic mass is 35.5. The summed E-state index contributed by atoms with van der Waals surface area (Å²) in [5, 5.41) is 14.0. The van der Waals surface area contributed by atoms with Gasteiger partial charge in [0.1, 0.15) is 5.56 Å². The number of rotatable bonds is 12. The molecule has 0 fully saturated rings. The smallest absolute Gasteiger partial charge is 0.282 e. The van der Waals surface area contributed by atoms with Crippen molar-refractivity contribution in [1.82, 2.24) is 5.32 Å². The Morgan fingerprint density at radius 1 is 1.08 bits per heavy atom. The Morgan fingerprint density at radius 3 is 2.25 bits per heavy atom. The van der Waals surface area contributed by atoms with Crippen molar-refractivity contribution >= 4 is 23.2 Å². The molecule has 1 rings (SSSR count). The van der Waals surface area contributed by atoms with Gasteiger partial charge in [0.05, 0.1) is 4.92 Å². The minimum Gasteiger partial charge on any atom is -0.352 e. The molecule has 1 aromatic carbocycles. The number of nitrogens with one attached hydrogen (secondary N) is 1. The van der Waals surface area contributed by atoms with E-state index >= 15 is 0 Å². The maximum Gasteiger partial charge on any atom is 0.282 e. The molecule has 1 amide bonds. The van der Waals surface area contributed by atoms with Crippen LogP contribution in [0.4, 0.5) is 5.69 Å². The molecular formula is C18H27ClN2O3. The number of nitrogens with zero attached hydrogens (tertiary/aromatic N) is 1. The Bertz CT molecular complexity index is 535. The van der Waals surface area contributed by atoms with Crippen LogP contribution in [0.25, 0.3) is 0 Å². The molecule has 0 aliphatic carbocycles. The summed E-state index contributed by atoms with van der Waals surface area (Å²) in [4.78, 5) is 22.5. The second kappa shape index (κ2) is 11.8. The number of carbonyl (C=O) groups excluding carboxylic acids is 1. The first-order valence-corrected chi connectivity index (χ1v) is 9.16. The molecule has 1 N–H and O–H groups in total. The molecule has 0 spiro atoms. The standard InChI is InChI=1S/C18H27ClN2O3/c1-2-3-4-5-6-7-8-9-10-13-20-18(22)16-14-15(19)11-12-17(16)21(23)24/h11-12,14H,2-10,13H2,1H3,(H,20,22). The second-order valence-corrected chi connectivity index (χ2v) is 6.44. The zero-order chi connectivity index (χ0) is 17.8. The fourth-order valence-electron chi connectivity index (χ4n) is 2.58. The van der Waals surface area contributed by atoms with Gasteiger partial charge in [-0.1, -0.05) is 69.9 Å². The van der Waals surface area contributed by atoms with Crippen LogP contribution < -0.4 is 5.32 Å². The maximum atomic E-state index is 12.1. The summed E-state index contributed by atoms with van der Waals surface area (Å²) in [5.74, 6) is -0.441. The maximum absolute atomic E-state index is 12.1. The number of benzene rings is 1. The molecule has 0 aliphatic heterocycles. The predicted molar refractivity (Wildman–Crippen MR) is 97.7 cm³/mol. The molecular weight excluding hydrogens is 328 g/mol. The molecule has 5 nitrogen and oxygen atoms in total. The molecule has 6 heteroatoms. The van der Waals surface area contributed by atoms with Gasteiger partial charge in [-0.15, -0.1) is 0 Å². The highest BCUT2D eigenvalue weighted by Gasteiger charge is 2.19. The van der Waals surface area contributed by atoms with Crippen LogP contribution in [0, 0.1) is 10.1 Å². The normalized spacial score (nSPS) is 10.6. The predicted octanol–water partition coefficient (Wildman–Crippen LogP) is 5.51. The summed E-state index contributed by atoms with van der Waals surface area (Å²) in [6, 6.07) is 4.01. The quantitative estimate of drug-likeness (QED) is 0.305. The minimum absolute atomic E-state index is 0.0171. The number of hydrogen-bond acceptors (Lipinski definition) is 3. The third kappa shape index (κ3) is 7.77. The van der Waals surface area contributed by atoms with Crippen molar-refractivity contribution in [3.05, 3.63) is 38.9 Å². The SMILES string of the molecule is CCCCCCCCCCCNC(=O)c1cc(Cl)ccc1[N+](=O)[O-]. The van der Waals surface area contributed by atoms with Gasteiger partial charge in [0.15, 0.2) is 0 Å². The van der Waals surface area contributed by atoms with Crippen LogP contribution in [-0.4, -0.2) is 17.4 Å². The fraction of sp³-hybridized carbons (Fsp3) is 0.611. The van der Waals surface area contributed by atoms with E-state index in [4.69, 9.17) is 11.6 Å². The lowest BCUT2D eigenvalue weighted by molar-refractivity contribution is -0.385. The van der Waals surface area contributed by atoms with Crippen molar-refractivity contribution in [2.24, 2.45) is 0 Å². The Labute approximate surface area is 148 Å². The van der Waals surface area contributed by atoms with Gasteiger partial charge < -0.3 is 5.32 Å². The van der Waals surface area contributed by atoms with Gasteiger partial charge >= 0.3 is 0 Å². The van der Waals surface area contributed by atoms with E-state index in [0.29, 0.717) is 11.6 Å². The van der Waals surface area contributed by atoms with Crippen molar-refractivity contribution in [2.75, 3.05) is 6.54 Å². The van der Waals surface area contributed by atoms with Gasteiger partial charge in [-0.2, -0.15) is 0 Å². The van der Waals surface area contributed by atoms with Crippen molar-refractivity contribution in [2.45, 2.75) is 64.7 Å². The second-order valence-electron chi connectivity index (χ2n) is 6.00. The summed E-state index contributed by atoms with van der Waals surface area (Å²) in [6.45, 7) is 2.74. The Hall–Kier alpha value is -1.62. The number of nitro groups is 1. The van der Waals surface area contributed by atoms with Crippen molar-refractivity contribution in [3.8, 4) is 0 Å². The van der Waals surface area contributed by atoms with Gasteiger partial charge in [0.25, 0.3) is 11.6 Å². The minimum atomic E-state index is -0.566. The van der Waals surface area contributed by atoms with E-state index in [1.165, 1.54) is 63.1 Å². The van der Waals surface area contributed by atoms with Gasteiger partial charge in [-0.05, 0) is 18.6 Å². The lowest BCUT2D eigenvalue weighted by Gasteiger charge is -2.06. The topological polar surface area (TPSA) is 72.2 Å². The van der Waals surface area contributed by atoms with Crippen LogP contribution >= 0.6 is 11.6 Å². The van der Waals surface area contributed by atoms with Crippen LogP contribution in [0.1, 0.15) is 75.1 Å². The molecule has 0 saturated heterocycles. The first kappa shape index (κ1) is 20.4. The molecule has 0 saturated carbocycles. The highest BCUT2D eigenvalue weighted by molar-refractivity contribution is 6.31. The van der Waals surface area contributed by atoms with Gasteiger partial charge in [0, 0.05) is 17.6 Å². The van der Waals surface area contributed by atoms with E-state index in [1.54, 1.807) is 0 Å². The molecule has 134 valence electrons. The molecule has 0 aromatic heterocycles. The number of halogens is 1. The van der Waals surface area contributed by atoms with Crippen LogP contribution in [0.2, 0.25) is 5.02 Å². The zero-order valence-electron chi connectivity index (χ0n) is 14.4. The molecule has 0 unspecified atom stereocenters. The van der Waals surface area contributed by atoms with E-state index in [0.717, 1.165) is 12.8 Å². The van der Waals surface area contributed by atoms with Crippen LogP contribution in [-0.2, 0) is 0 Å². The molecule has 24 heavy (non-hydrogen) atoms. The molecule has 0 radical (unpaired) electrons. The molecule has 0 atom stereocenters. The largest absolute Gasteiger partial charge is 0.352 e. The van der Waals surface area contributed by atoms with Gasteiger partial charge in [-0.3, -0.25) is 14.9 Å². The Morgan fingerprint density at radius 2 is 1.67 bits per heavy atom. The summed E-state index contributed by atoms with van der Waals surface area (Å²) in [7, 11) is 0. The summed E-state index contributed by atoms with van der Waals surface area (Å²) < 4.78 is 0. The van der Waals surface area contributed by atoms with Crippen molar-refractivity contribution < 1.29 is 9.72 Å². The fourth-order valence-corrected chi connectivity index (χ4v) is 2.75. The van der Waals surface area contributed by atoms with E-state index < -0.39 is 10.8 Å². The number of amides is 1. The highest BCUT2D eigenvalue weighted by Crippen LogP contribution is 2.22. The van der Waals surface area contributed by atoms with Gasteiger partial charge in [-0.25, -0.2) is 0 Å². The van der Waals surface area contributed by atoms with E-state index in [2.05, 4.69) is 12.2 Å². The Balaban J connectivity index is 2.23. The van der Waals surface area contributed by atoms with E-state index in [1.807, 2.05) is 0 Å². The third-order valence-electron chi connectivity index (χ3n) is 3.97. The number of nitro benzene ring substituents is 1. The molecule has 0 bridgehead atoms. The van der Waals surface area contributed by atoms with Crippen molar-refractivity contribution in [3.63, 3.8) is 0 Å². The zero-order valence-corrected chi connectivity index (χ0v) is 15.1. The summed E-state index contributed by atoms with van der Waals surface area (Å²) >= 11 is 5.83. The van der Waals surface area contributed by atoms with Crippen molar-refractivity contribution in [1.29, 1.82) is 0 Å². The summed E-state index contributed by atoms with van der Waals surface area (Å²) in [5.41, 5.74) is -0.201. The van der Waals surface area contributed by atoms with E-state index in [-0.39, 0.29) is 11.3 Å². The Kier molecular flexibility index (Phi) is 10.1. The third-order valence-corrected chi connectivity index (χ3v) is 4.20. The number of carbonyl (C=O) groups is 1. The average molecular weight is 355 g/mol. The molecule has 0 aliphatic rings.